The van der Waals surface area contributed by atoms with Gasteiger partial charge in [-0.15, -0.1) is 0 Å². The van der Waals surface area contributed by atoms with Gasteiger partial charge in [0.25, 0.3) is 0 Å². The van der Waals surface area contributed by atoms with E-state index >= 15 is 0 Å². The van der Waals surface area contributed by atoms with Crippen molar-refractivity contribution < 1.29 is 9.53 Å². The molecule has 2 unspecified atom stereocenters. The number of amides is 1. The van der Waals surface area contributed by atoms with Crippen LogP contribution in [0.5, 0.6) is 0 Å². The fraction of sp³-hybridized carbons (Fsp3) is 0.917. The summed E-state index contributed by atoms with van der Waals surface area (Å²) >= 11 is 1.92. The summed E-state index contributed by atoms with van der Waals surface area (Å²) in [7, 11) is 0. The second-order valence-electron chi connectivity index (χ2n) is 5.11. The number of rotatable bonds is 4. The average Bonchev–Trinajstić information content (AvgIpc) is 2.76. The van der Waals surface area contributed by atoms with E-state index in [0.29, 0.717) is 19.0 Å². The molecule has 0 aromatic carbocycles. The van der Waals surface area contributed by atoms with E-state index in [2.05, 4.69) is 17.6 Å². The van der Waals surface area contributed by atoms with E-state index in [1.165, 1.54) is 0 Å². The highest BCUT2D eigenvalue weighted by Crippen LogP contribution is 2.23. The number of hydrogen-bond donors (Lipinski definition) is 2. The highest BCUT2D eigenvalue weighted by molar-refractivity contribution is 7.99. The zero-order chi connectivity index (χ0) is 12.1. The lowest BCUT2D eigenvalue weighted by molar-refractivity contribution is -0.122. The second kappa shape index (κ2) is 6.07. The molecule has 17 heavy (non-hydrogen) atoms. The van der Waals surface area contributed by atoms with Gasteiger partial charge < -0.3 is 15.4 Å². The maximum Gasteiger partial charge on any atom is 0.221 e. The molecule has 4 nitrogen and oxygen atoms in total. The molecular weight excluding hydrogens is 236 g/mol. The Morgan fingerprint density at radius 1 is 1.65 bits per heavy atom. The summed E-state index contributed by atoms with van der Waals surface area (Å²) in [6, 6.07) is 0.339. The summed E-state index contributed by atoms with van der Waals surface area (Å²) < 4.78 is 5.65. The quantitative estimate of drug-likeness (QED) is 0.782. The molecular formula is C12H22N2O2S. The summed E-state index contributed by atoms with van der Waals surface area (Å²) in [5.74, 6) is 2.34. The van der Waals surface area contributed by atoms with E-state index in [-0.39, 0.29) is 11.5 Å². The topological polar surface area (TPSA) is 50.4 Å². The van der Waals surface area contributed by atoms with Crippen LogP contribution in [0, 0.1) is 0 Å². The van der Waals surface area contributed by atoms with Gasteiger partial charge in [-0.2, -0.15) is 11.8 Å². The summed E-state index contributed by atoms with van der Waals surface area (Å²) in [4.78, 5) is 11.8. The molecule has 0 aliphatic carbocycles. The molecule has 98 valence electrons. The van der Waals surface area contributed by atoms with Gasteiger partial charge in [0.1, 0.15) is 0 Å². The fourth-order valence-corrected chi connectivity index (χ4v) is 3.26. The Bertz CT molecular complexity index is 261. The number of carbonyl (C=O) groups excluding carboxylic acids is 1. The van der Waals surface area contributed by atoms with Crippen molar-refractivity contribution in [2.45, 2.75) is 37.8 Å². The van der Waals surface area contributed by atoms with E-state index in [1.807, 2.05) is 11.8 Å². The minimum atomic E-state index is -0.135. The predicted octanol–water partition coefficient (Wildman–Crippen LogP) is 0.767. The average molecular weight is 258 g/mol. The maximum absolute atomic E-state index is 11.8. The van der Waals surface area contributed by atoms with Crippen molar-refractivity contribution in [1.29, 1.82) is 0 Å². The van der Waals surface area contributed by atoms with Crippen LogP contribution < -0.4 is 10.6 Å². The Balaban J connectivity index is 1.66. The first-order chi connectivity index (χ1) is 8.18. The molecule has 1 amide bonds. The Kier molecular flexibility index (Phi) is 4.70. The molecule has 2 aliphatic heterocycles. The SMILES string of the molecule is CC1(CNC(=O)CC2CSCCN2)CCCO1. The zero-order valence-electron chi connectivity index (χ0n) is 10.5. The molecule has 0 bridgehead atoms. The van der Waals surface area contributed by atoms with Crippen LogP contribution in [0.1, 0.15) is 26.2 Å². The third-order valence-electron chi connectivity index (χ3n) is 3.39. The zero-order valence-corrected chi connectivity index (χ0v) is 11.3. The smallest absolute Gasteiger partial charge is 0.221 e. The lowest BCUT2D eigenvalue weighted by atomic mass is 10.0. The highest BCUT2D eigenvalue weighted by Gasteiger charge is 2.30. The second-order valence-corrected chi connectivity index (χ2v) is 6.26. The number of carbonyl (C=O) groups is 1. The summed E-state index contributed by atoms with van der Waals surface area (Å²) in [6.45, 7) is 4.57. The van der Waals surface area contributed by atoms with Crippen LogP contribution in [0.25, 0.3) is 0 Å². The van der Waals surface area contributed by atoms with Crippen LogP contribution in [0.3, 0.4) is 0 Å². The Hall–Kier alpha value is -0.260. The van der Waals surface area contributed by atoms with Crippen molar-refractivity contribution in [3.8, 4) is 0 Å². The minimum absolute atomic E-state index is 0.135. The standard InChI is InChI=1S/C12H22N2O2S/c1-12(3-2-5-16-12)9-14-11(15)7-10-8-17-6-4-13-10/h10,13H,2-9H2,1H3,(H,14,15). The van der Waals surface area contributed by atoms with Gasteiger partial charge in [0, 0.05) is 43.7 Å². The van der Waals surface area contributed by atoms with E-state index in [9.17, 15) is 4.79 Å². The number of hydrogen-bond acceptors (Lipinski definition) is 4. The van der Waals surface area contributed by atoms with Crippen molar-refractivity contribution in [2.24, 2.45) is 0 Å². The van der Waals surface area contributed by atoms with Crippen LogP contribution >= 0.6 is 11.8 Å². The van der Waals surface area contributed by atoms with Gasteiger partial charge in [0.05, 0.1) is 5.60 Å². The molecule has 2 heterocycles. The van der Waals surface area contributed by atoms with E-state index in [1.54, 1.807) is 0 Å². The van der Waals surface area contributed by atoms with Crippen LogP contribution in [-0.2, 0) is 9.53 Å². The molecule has 2 N–H and O–H groups in total. The van der Waals surface area contributed by atoms with Crippen molar-refractivity contribution in [3.63, 3.8) is 0 Å². The predicted molar refractivity (Wildman–Crippen MR) is 70.3 cm³/mol. The van der Waals surface area contributed by atoms with Gasteiger partial charge in [-0.1, -0.05) is 0 Å². The number of thioether (sulfide) groups is 1. The maximum atomic E-state index is 11.8. The third-order valence-corrected chi connectivity index (χ3v) is 4.52. The molecule has 2 saturated heterocycles. The highest BCUT2D eigenvalue weighted by atomic mass is 32.2. The summed E-state index contributed by atoms with van der Waals surface area (Å²) in [5.41, 5.74) is -0.135. The molecule has 0 aromatic heterocycles. The molecule has 5 heteroatoms. The van der Waals surface area contributed by atoms with Gasteiger partial charge in [-0.25, -0.2) is 0 Å². The summed E-state index contributed by atoms with van der Waals surface area (Å²) in [6.07, 6.45) is 2.74. The Morgan fingerprint density at radius 2 is 2.53 bits per heavy atom. The molecule has 2 fully saturated rings. The first-order valence-electron chi connectivity index (χ1n) is 6.40. The van der Waals surface area contributed by atoms with Crippen molar-refractivity contribution in [1.82, 2.24) is 10.6 Å². The minimum Gasteiger partial charge on any atom is -0.373 e. The molecule has 0 spiro atoms. The Labute approximate surface area is 107 Å². The lowest BCUT2D eigenvalue weighted by Crippen LogP contribution is -2.44. The number of nitrogens with one attached hydrogen (secondary N) is 2. The van der Waals surface area contributed by atoms with Gasteiger partial charge in [0.2, 0.25) is 5.91 Å². The molecule has 2 aliphatic rings. The van der Waals surface area contributed by atoms with E-state index in [0.717, 1.165) is 37.5 Å². The van der Waals surface area contributed by atoms with Crippen molar-refractivity contribution in [2.75, 3.05) is 31.2 Å². The van der Waals surface area contributed by atoms with Crippen molar-refractivity contribution >= 4 is 17.7 Å². The summed E-state index contributed by atoms with van der Waals surface area (Å²) in [5, 5.41) is 6.37. The molecule has 2 rings (SSSR count). The van der Waals surface area contributed by atoms with Crippen LogP contribution in [0.4, 0.5) is 0 Å². The van der Waals surface area contributed by atoms with Crippen LogP contribution in [0.2, 0.25) is 0 Å². The molecule has 0 saturated carbocycles. The largest absolute Gasteiger partial charge is 0.373 e. The van der Waals surface area contributed by atoms with Gasteiger partial charge in [-0.3, -0.25) is 4.79 Å². The normalized spacial score (nSPS) is 33.6. The first kappa shape index (κ1) is 13.2. The van der Waals surface area contributed by atoms with Gasteiger partial charge in [0.15, 0.2) is 0 Å². The van der Waals surface area contributed by atoms with Gasteiger partial charge in [-0.05, 0) is 19.8 Å². The van der Waals surface area contributed by atoms with E-state index in [4.69, 9.17) is 4.74 Å². The van der Waals surface area contributed by atoms with E-state index < -0.39 is 0 Å². The molecule has 0 radical (unpaired) electrons. The molecule has 2 atom stereocenters. The first-order valence-corrected chi connectivity index (χ1v) is 7.55. The monoisotopic (exact) mass is 258 g/mol. The number of ether oxygens (including phenoxy) is 1. The fourth-order valence-electron chi connectivity index (χ4n) is 2.31. The Morgan fingerprint density at radius 3 is 3.18 bits per heavy atom. The van der Waals surface area contributed by atoms with Crippen LogP contribution in [-0.4, -0.2) is 48.8 Å². The van der Waals surface area contributed by atoms with Gasteiger partial charge >= 0.3 is 0 Å². The molecule has 0 aromatic rings. The third kappa shape index (κ3) is 4.16. The lowest BCUT2D eigenvalue weighted by Gasteiger charge is -2.25. The van der Waals surface area contributed by atoms with Crippen LogP contribution in [0.15, 0.2) is 0 Å². The van der Waals surface area contributed by atoms with Crippen molar-refractivity contribution in [3.05, 3.63) is 0 Å².